The van der Waals surface area contributed by atoms with Crippen molar-refractivity contribution in [2.45, 2.75) is 52.6 Å². The van der Waals surface area contributed by atoms with Crippen molar-refractivity contribution in [3.63, 3.8) is 0 Å². The zero-order chi connectivity index (χ0) is 11.8. The first kappa shape index (κ1) is 12.1. The molecule has 1 heterocycles. The molecule has 1 atom stereocenters. The molecule has 1 unspecified atom stereocenters. The summed E-state index contributed by atoms with van der Waals surface area (Å²) in [5.41, 5.74) is 1.41. The summed E-state index contributed by atoms with van der Waals surface area (Å²) in [4.78, 5) is 4.75. The van der Waals surface area contributed by atoms with Crippen LogP contribution in [0, 0.1) is 5.41 Å². The molecule has 90 valence electrons. The van der Waals surface area contributed by atoms with E-state index in [0.717, 1.165) is 17.5 Å². The molecule has 0 bridgehead atoms. The van der Waals surface area contributed by atoms with Crippen LogP contribution in [0.15, 0.2) is 5.38 Å². The third-order valence-corrected chi connectivity index (χ3v) is 3.79. The molecule has 0 radical (unpaired) electrons. The molecule has 1 aliphatic carbocycles. The van der Waals surface area contributed by atoms with E-state index in [2.05, 4.69) is 26.2 Å². The van der Waals surface area contributed by atoms with Crippen molar-refractivity contribution in [1.29, 1.82) is 0 Å². The van der Waals surface area contributed by atoms with Gasteiger partial charge in [0.2, 0.25) is 0 Å². The van der Waals surface area contributed by atoms with Crippen LogP contribution in [-0.2, 0) is 4.74 Å². The van der Waals surface area contributed by atoms with Gasteiger partial charge in [-0.2, -0.15) is 0 Å². The predicted octanol–water partition coefficient (Wildman–Crippen LogP) is 4.14. The summed E-state index contributed by atoms with van der Waals surface area (Å²) in [5, 5.41) is 3.36. The maximum atomic E-state index is 5.85. The summed E-state index contributed by atoms with van der Waals surface area (Å²) < 4.78 is 5.85. The van der Waals surface area contributed by atoms with Gasteiger partial charge in [-0.05, 0) is 25.2 Å². The maximum absolute atomic E-state index is 5.85. The van der Waals surface area contributed by atoms with E-state index in [1.54, 1.807) is 11.3 Å². The quantitative estimate of drug-likeness (QED) is 0.787. The van der Waals surface area contributed by atoms with Gasteiger partial charge in [0.05, 0.1) is 5.69 Å². The molecule has 0 aliphatic heterocycles. The molecular weight excluding hydrogens is 218 g/mol. The van der Waals surface area contributed by atoms with E-state index >= 15 is 0 Å². The van der Waals surface area contributed by atoms with Gasteiger partial charge in [-0.1, -0.05) is 20.8 Å². The van der Waals surface area contributed by atoms with Crippen molar-refractivity contribution in [1.82, 2.24) is 4.98 Å². The van der Waals surface area contributed by atoms with Gasteiger partial charge in [-0.15, -0.1) is 11.3 Å². The molecular formula is C13H21NOS. The van der Waals surface area contributed by atoms with Crippen LogP contribution in [0.25, 0.3) is 0 Å². The minimum absolute atomic E-state index is 0.120. The van der Waals surface area contributed by atoms with Gasteiger partial charge < -0.3 is 4.74 Å². The molecule has 0 aromatic carbocycles. The minimum atomic E-state index is 0.120. The number of ether oxygens (including phenoxy) is 1. The van der Waals surface area contributed by atoms with E-state index < -0.39 is 0 Å². The largest absolute Gasteiger partial charge is 0.371 e. The highest BCUT2D eigenvalue weighted by molar-refractivity contribution is 7.09. The van der Waals surface area contributed by atoms with Crippen molar-refractivity contribution in [2.75, 3.05) is 6.61 Å². The summed E-state index contributed by atoms with van der Waals surface area (Å²) in [6.07, 6.45) is 2.77. The molecule has 2 rings (SSSR count). The summed E-state index contributed by atoms with van der Waals surface area (Å²) >= 11 is 1.76. The van der Waals surface area contributed by atoms with Crippen LogP contribution in [0.5, 0.6) is 0 Å². The Balaban J connectivity index is 2.17. The fourth-order valence-corrected chi connectivity index (χ4v) is 3.04. The van der Waals surface area contributed by atoms with Gasteiger partial charge in [0.15, 0.2) is 0 Å². The molecule has 1 aromatic heterocycles. The number of thiazole rings is 1. The first-order valence-corrected chi connectivity index (χ1v) is 6.97. The van der Waals surface area contributed by atoms with Gasteiger partial charge in [-0.3, -0.25) is 0 Å². The average Bonchev–Trinajstić information content (AvgIpc) is 2.93. The molecule has 1 aliphatic rings. The normalized spacial score (nSPS) is 18.8. The Kier molecular flexibility index (Phi) is 3.36. The van der Waals surface area contributed by atoms with Gasteiger partial charge in [0.1, 0.15) is 11.1 Å². The minimum Gasteiger partial charge on any atom is -0.371 e. The summed E-state index contributed by atoms with van der Waals surface area (Å²) in [5.74, 6) is 0.743. The fraction of sp³-hybridized carbons (Fsp3) is 0.769. The molecule has 0 saturated heterocycles. The summed E-state index contributed by atoms with van der Waals surface area (Å²) in [7, 11) is 0. The van der Waals surface area contributed by atoms with E-state index in [4.69, 9.17) is 9.72 Å². The SMILES string of the molecule is CCOC(c1nc(C2CC2)cs1)C(C)(C)C. The van der Waals surface area contributed by atoms with Crippen LogP contribution < -0.4 is 0 Å². The molecule has 1 saturated carbocycles. The lowest BCUT2D eigenvalue weighted by Gasteiger charge is -2.28. The zero-order valence-corrected chi connectivity index (χ0v) is 11.4. The Morgan fingerprint density at radius 1 is 1.50 bits per heavy atom. The molecule has 3 heteroatoms. The van der Waals surface area contributed by atoms with Gasteiger partial charge in [0, 0.05) is 17.9 Å². The Bertz CT molecular complexity index is 349. The van der Waals surface area contributed by atoms with E-state index in [-0.39, 0.29) is 11.5 Å². The number of aromatic nitrogens is 1. The Hall–Kier alpha value is -0.410. The average molecular weight is 239 g/mol. The lowest BCUT2D eigenvalue weighted by atomic mass is 9.89. The van der Waals surface area contributed by atoms with Crippen LogP contribution in [0.4, 0.5) is 0 Å². The van der Waals surface area contributed by atoms with Crippen molar-refractivity contribution in [2.24, 2.45) is 5.41 Å². The third-order valence-electron chi connectivity index (χ3n) is 2.88. The first-order chi connectivity index (χ1) is 7.52. The summed E-state index contributed by atoms with van der Waals surface area (Å²) in [6, 6.07) is 0. The molecule has 1 fully saturated rings. The van der Waals surface area contributed by atoms with Crippen LogP contribution in [0.1, 0.15) is 63.3 Å². The number of rotatable bonds is 4. The maximum Gasteiger partial charge on any atom is 0.122 e. The Labute approximate surface area is 102 Å². The monoisotopic (exact) mass is 239 g/mol. The van der Waals surface area contributed by atoms with Crippen molar-refractivity contribution in [3.05, 3.63) is 16.1 Å². The van der Waals surface area contributed by atoms with Crippen LogP contribution in [-0.4, -0.2) is 11.6 Å². The topological polar surface area (TPSA) is 22.1 Å². The number of hydrogen-bond donors (Lipinski definition) is 0. The lowest BCUT2D eigenvalue weighted by Crippen LogP contribution is -2.21. The van der Waals surface area contributed by atoms with E-state index in [1.165, 1.54) is 18.5 Å². The summed E-state index contributed by atoms with van der Waals surface area (Å²) in [6.45, 7) is 9.44. The lowest BCUT2D eigenvalue weighted by molar-refractivity contribution is -0.0134. The zero-order valence-electron chi connectivity index (χ0n) is 10.6. The van der Waals surface area contributed by atoms with Crippen LogP contribution in [0.2, 0.25) is 0 Å². The molecule has 16 heavy (non-hydrogen) atoms. The smallest absolute Gasteiger partial charge is 0.122 e. The molecule has 0 amide bonds. The van der Waals surface area contributed by atoms with E-state index in [1.807, 2.05) is 6.92 Å². The molecule has 2 nitrogen and oxygen atoms in total. The van der Waals surface area contributed by atoms with Gasteiger partial charge in [-0.25, -0.2) is 4.98 Å². The second-order valence-electron chi connectivity index (χ2n) is 5.59. The van der Waals surface area contributed by atoms with Crippen molar-refractivity contribution >= 4 is 11.3 Å². The second-order valence-corrected chi connectivity index (χ2v) is 6.48. The van der Waals surface area contributed by atoms with Crippen LogP contribution in [0.3, 0.4) is 0 Å². The Morgan fingerprint density at radius 3 is 2.69 bits per heavy atom. The highest BCUT2D eigenvalue weighted by Gasteiger charge is 2.32. The van der Waals surface area contributed by atoms with Crippen LogP contribution >= 0.6 is 11.3 Å². The Morgan fingerprint density at radius 2 is 2.19 bits per heavy atom. The third kappa shape index (κ3) is 2.64. The molecule has 0 N–H and O–H groups in total. The highest BCUT2D eigenvalue weighted by Crippen LogP contribution is 2.43. The van der Waals surface area contributed by atoms with E-state index in [0.29, 0.717) is 0 Å². The molecule has 0 spiro atoms. The first-order valence-electron chi connectivity index (χ1n) is 6.09. The second kappa shape index (κ2) is 4.46. The number of hydrogen-bond acceptors (Lipinski definition) is 3. The van der Waals surface area contributed by atoms with Crippen molar-refractivity contribution in [3.8, 4) is 0 Å². The fourth-order valence-electron chi connectivity index (χ4n) is 1.85. The predicted molar refractivity (Wildman–Crippen MR) is 67.9 cm³/mol. The van der Waals surface area contributed by atoms with E-state index in [9.17, 15) is 0 Å². The van der Waals surface area contributed by atoms with Gasteiger partial charge in [0.25, 0.3) is 0 Å². The highest BCUT2D eigenvalue weighted by atomic mass is 32.1. The van der Waals surface area contributed by atoms with Crippen molar-refractivity contribution < 1.29 is 4.74 Å². The number of nitrogens with zero attached hydrogens (tertiary/aromatic N) is 1. The molecule has 1 aromatic rings. The standard InChI is InChI=1S/C13H21NOS/c1-5-15-11(13(2,3)4)12-14-10(8-16-12)9-6-7-9/h8-9,11H,5-7H2,1-4H3. The van der Waals surface area contributed by atoms with Gasteiger partial charge >= 0.3 is 0 Å².